The number of aromatic nitrogens is 1. The molecule has 1 aliphatic rings. The van der Waals surface area contributed by atoms with E-state index in [1.54, 1.807) is 0 Å². The molecule has 0 radical (unpaired) electrons. The van der Waals surface area contributed by atoms with Gasteiger partial charge in [-0.2, -0.15) is 0 Å². The second-order valence-corrected chi connectivity index (χ2v) is 2.93. The summed E-state index contributed by atoms with van der Waals surface area (Å²) in [6.07, 6.45) is 9.60. The average Bonchev–Trinajstić information content (AvgIpc) is 2.38. The molecule has 0 aliphatic heterocycles. The minimum Gasteiger partial charge on any atom is -0.361 e. The van der Waals surface area contributed by atoms with Crippen LogP contribution in [-0.4, -0.2) is 4.98 Å². The van der Waals surface area contributed by atoms with E-state index in [2.05, 4.69) is 36.2 Å². The molecule has 0 saturated carbocycles. The molecule has 56 valence electrons. The molecule has 0 aromatic carbocycles. The summed E-state index contributed by atoms with van der Waals surface area (Å²) in [4.78, 5) is 3.20. The Labute approximate surface area is 65.8 Å². The summed E-state index contributed by atoms with van der Waals surface area (Å²) >= 11 is 0. The topological polar surface area (TPSA) is 15.8 Å². The molecular weight excluding hydrogens is 134 g/mol. The molecule has 1 nitrogen and oxygen atoms in total. The van der Waals surface area contributed by atoms with E-state index in [-0.39, 0.29) is 0 Å². The lowest BCUT2D eigenvalue weighted by molar-refractivity contribution is 1.24. The number of hydrogen-bond donors (Lipinski definition) is 1. The fourth-order valence-corrected chi connectivity index (χ4v) is 1.28. The molecule has 1 heteroatoms. The SMILES string of the molecule is CC1=CC=c2cc[nH]c2=CC1. The Kier molecular flexibility index (Phi) is 1.42. The first kappa shape index (κ1) is 6.47. The number of H-pyrrole nitrogens is 1. The molecule has 1 N–H and O–H groups in total. The van der Waals surface area contributed by atoms with Crippen molar-refractivity contribution in [2.24, 2.45) is 0 Å². The largest absolute Gasteiger partial charge is 0.361 e. The summed E-state index contributed by atoms with van der Waals surface area (Å²) in [6.45, 7) is 2.15. The highest BCUT2D eigenvalue weighted by Crippen LogP contribution is 2.01. The molecule has 1 aromatic rings. The van der Waals surface area contributed by atoms with Crippen LogP contribution in [-0.2, 0) is 0 Å². The van der Waals surface area contributed by atoms with Gasteiger partial charge in [0.1, 0.15) is 0 Å². The molecule has 2 rings (SSSR count). The van der Waals surface area contributed by atoms with Crippen LogP contribution in [0.25, 0.3) is 12.2 Å². The maximum absolute atomic E-state index is 3.20. The monoisotopic (exact) mass is 145 g/mol. The first-order valence-electron chi connectivity index (χ1n) is 3.87. The minimum absolute atomic E-state index is 1.06. The van der Waals surface area contributed by atoms with Gasteiger partial charge in [0.15, 0.2) is 0 Å². The van der Waals surface area contributed by atoms with Gasteiger partial charge in [-0.05, 0) is 24.6 Å². The van der Waals surface area contributed by atoms with Crippen molar-refractivity contribution < 1.29 is 0 Å². The van der Waals surface area contributed by atoms with Crippen LogP contribution in [0.3, 0.4) is 0 Å². The van der Waals surface area contributed by atoms with E-state index in [1.165, 1.54) is 16.1 Å². The Morgan fingerprint density at radius 3 is 3.18 bits per heavy atom. The lowest BCUT2D eigenvalue weighted by atomic mass is 10.2. The number of aromatic amines is 1. The second kappa shape index (κ2) is 2.42. The Hall–Kier alpha value is -1.24. The molecule has 1 heterocycles. The van der Waals surface area contributed by atoms with E-state index in [1.807, 2.05) is 6.20 Å². The number of fused-ring (bicyclic) bond motifs is 1. The van der Waals surface area contributed by atoms with E-state index in [4.69, 9.17) is 0 Å². The molecule has 0 unspecified atom stereocenters. The summed E-state index contributed by atoms with van der Waals surface area (Å²) in [5, 5.41) is 2.54. The van der Waals surface area contributed by atoms with Gasteiger partial charge >= 0.3 is 0 Å². The summed E-state index contributed by atoms with van der Waals surface area (Å²) in [5.41, 5.74) is 1.41. The fraction of sp³-hybridized carbons (Fsp3) is 0.200. The molecule has 11 heavy (non-hydrogen) atoms. The van der Waals surface area contributed by atoms with E-state index in [0.717, 1.165) is 6.42 Å². The molecule has 0 spiro atoms. The Balaban J connectivity index is 2.71. The molecule has 0 fully saturated rings. The van der Waals surface area contributed by atoms with Crippen LogP contribution in [0.1, 0.15) is 13.3 Å². The van der Waals surface area contributed by atoms with Crippen molar-refractivity contribution in [3.63, 3.8) is 0 Å². The predicted molar refractivity (Wildman–Crippen MR) is 47.3 cm³/mol. The third kappa shape index (κ3) is 1.14. The molecule has 0 amide bonds. The smallest absolute Gasteiger partial charge is 0.0416 e. The van der Waals surface area contributed by atoms with Crippen molar-refractivity contribution in [1.82, 2.24) is 4.98 Å². The van der Waals surface area contributed by atoms with E-state index < -0.39 is 0 Å². The van der Waals surface area contributed by atoms with Crippen molar-refractivity contribution in [1.29, 1.82) is 0 Å². The lowest BCUT2D eigenvalue weighted by Gasteiger charge is -1.87. The van der Waals surface area contributed by atoms with E-state index >= 15 is 0 Å². The van der Waals surface area contributed by atoms with Gasteiger partial charge in [0.25, 0.3) is 0 Å². The van der Waals surface area contributed by atoms with Gasteiger partial charge in [-0.15, -0.1) is 0 Å². The number of hydrogen-bond acceptors (Lipinski definition) is 0. The summed E-state index contributed by atoms with van der Waals surface area (Å²) in [6, 6.07) is 2.10. The van der Waals surface area contributed by atoms with Crippen LogP contribution in [0, 0.1) is 0 Å². The maximum atomic E-state index is 3.20. The van der Waals surface area contributed by atoms with Crippen LogP contribution in [0.4, 0.5) is 0 Å². The van der Waals surface area contributed by atoms with Crippen LogP contribution in [0.15, 0.2) is 23.9 Å². The summed E-state index contributed by atoms with van der Waals surface area (Å²) in [7, 11) is 0. The third-order valence-electron chi connectivity index (χ3n) is 1.99. The molecular formula is C10H11N. The molecule has 0 saturated heterocycles. The average molecular weight is 145 g/mol. The zero-order valence-electron chi connectivity index (χ0n) is 6.59. The van der Waals surface area contributed by atoms with Gasteiger partial charge in [-0.3, -0.25) is 0 Å². The summed E-state index contributed by atoms with van der Waals surface area (Å²) in [5.74, 6) is 0. The highest BCUT2D eigenvalue weighted by Gasteiger charge is 1.91. The Bertz CT molecular complexity index is 393. The van der Waals surface area contributed by atoms with E-state index in [9.17, 15) is 0 Å². The third-order valence-corrected chi connectivity index (χ3v) is 1.99. The number of rotatable bonds is 0. The van der Waals surface area contributed by atoms with Crippen LogP contribution in [0.2, 0.25) is 0 Å². The molecule has 1 aromatic heterocycles. The van der Waals surface area contributed by atoms with Crippen LogP contribution >= 0.6 is 0 Å². The standard InChI is InChI=1S/C10H11N/c1-8-2-4-9-6-7-11-10(9)5-3-8/h2,4-7,11H,3H2,1H3. The zero-order valence-corrected chi connectivity index (χ0v) is 6.59. The zero-order chi connectivity index (χ0) is 7.68. The van der Waals surface area contributed by atoms with Crippen molar-refractivity contribution in [2.75, 3.05) is 0 Å². The quantitative estimate of drug-likeness (QED) is 0.559. The van der Waals surface area contributed by atoms with Crippen LogP contribution in [0.5, 0.6) is 0 Å². The molecule has 0 atom stereocenters. The summed E-state index contributed by atoms with van der Waals surface area (Å²) < 4.78 is 0. The van der Waals surface area contributed by atoms with Crippen molar-refractivity contribution in [2.45, 2.75) is 13.3 Å². The minimum atomic E-state index is 1.06. The predicted octanol–water partition coefficient (Wildman–Crippen LogP) is 0.926. The lowest BCUT2D eigenvalue weighted by Crippen LogP contribution is -2.20. The fourth-order valence-electron chi connectivity index (χ4n) is 1.28. The Morgan fingerprint density at radius 2 is 2.27 bits per heavy atom. The first-order valence-corrected chi connectivity index (χ1v) is 3.87. The first-order chi connectivity index (χ1) is 5.36. The van der Waals surface area contributed by atoms with Gasteiger partial charge in [-0.25, -0.2) is 0 Å². The van der Waals surface area contributed by atoms with Crippen molar-refractivity contribution >= 4 is 12.2 Å². The van der Waals surface area contributed by atoms with Gasteiger partial charge in [0.05, 0.1) is 0 Å². The van der Waals surface area contributed by atoms with Gasteiger partial charge in [-0.1, -0.05) is 23.8 Å². The van der Waals surface area contributed by atoms with Gasteiger partial charge in [0, 0.05) is 11.5 Å². The van der Waals surface area contributed by atoms with Gasteiger partial charge < -0.3 is 4.98 Å². The number of nitrogens with one attached hydrogen (secondary N) is 1. The normalized spacial score (nSPS) is 15.5. The van der Waals surface area contributed by atoms with Crippen molar-refractivity contribution in [3.05, 3.63) is 34.5 Å². The van der Waals surface area contributed by atoms with Crippen molar-refractivity contribution in [3.8, 4) is 0 Å². The Morgan fingerprint density at radius 1 is 1.36 bits per heavy atom. The molecule has 1 aliphatic carbocycles. The second-order valence-electron chi connectivity index (χ2n) is 2.93. The highest BCUT2D eigenvalue weighted by molar-refractivity contribution is 5.45. The number of allylic oxidation sites excluding steroid dienone is 2. The van der Waals surface area contributed by atoms with Crippen LogP contribution < -0.4 is 10.6 Å². The van der Waals surface area contributed by atoms with Gasteiger partial charge in [0.2, 0.25) is 0 Å². The maximum Gasteiger partial charge on any atom is 0.0416 e. The van der Waals surface area contributed by atoms with E-state index in [0.29, 0.717) is 0 Å². The highest BCUT2D eigenvalue weighted by atomic mass is 14.6. The molecule has 0 bridgehead atoms.